The fourth-order valence-electron chi connectivity index (χ4n) is 1.61. The number of ketones is 1. The molecule has 0 saturated heterocycles. The van der Waals surface area contributed by atoms with Crippen LogP contribution in [-0.2, 0) is 4.79 Å². The van der Waals surface area contributed by atoms with Gasteiger partial charge in [0, 0.05) is 6.42 Å². The van der Waals surface area contributed by atoms with Crippen molar-refractivity contribution < 1.29 is 4.79 Å². The van der Waals surface area contributed by atoms with Gasteiger partial charge in [0.2, 0.25) is 0 Å². The SMILES string of the molecule is C#CCNCC(=O)CC(CC)CCCC. The first-order valence-electron chi connectivity index (χ1n) is 5.90. The summed E-state index contributed by atoms with van der Waals surface area (Å²) in [5.41, 5.74) is 0. The van der Waals surface area contributed by atoms with Crippen LogP contribution in [0.5, 0.6) is 0 Å². The summed E-state index contributed by atoms with van der Waals surface area (Å²) in [4.78, 5) is 11.5. The van der Waals surface area contributed by atoms with Crippen molar-refractivity contribution >= 4 is 5.78 Å². The Morgan fingerprint density at radius 3 is 2.73 bits per heavy atom. The lowest BCUT2D eigenvalue weighted by atomic mass is 9.94. The summed E-state index contributed by atoms with van der Waals surface area (Å²) in [5, 5.41) is 2.93. The topological polar surface area (TPSA) is 29.1 Å². The van der Waals surface area contributed by atoms with Gasteiger partial charge in [-0.15, -0.1) is 6.42 Å². The molecule has 1 N–H and O–H groups in total. The lowest BCUT2D eigenvalue weighted by molar-refractivity contribution is -0.119. The molecule has 0 radical (unpaired) electrons. The van der Waals surface area contributed by atoms with E-state index in [9.17, 15) is 4.79 Å². The van der Waals surface area contributed by atoms with E-state index in [1.54, 1.807) is 0 Å². The highest BCUT2D eigenvalue weighted by atomic mass is 16.1. The van der Waals surface area contributed by atoms with Crippen LogP contribution in [-0.4, -0.2) is 18.9 Å². The number of hydrogen-bond donors (Lipinski definition) is 1. The fraction of sp³-hybridized carbons (Fsp3) is 0.769. The van der Waals surface area contributed by atoms with Crippen molar-refractivity contribution in [2.24, 2.45) is 5.92 Å². The highest BCUT2D eigenvalue weighted by Crippen LogP contribution is 2.16. The summed E-state index contributed by atoms with van der Waals surface area (Å²) >= 11 is 0. The Hall–Kier alpha value is -0.810. The quantitative estimate of drug-likeness (QED) is 0.466. The maximum absolute atomic E-state index is 11.5. The van der Waals surface area contributed by atoms with E-state index in [-0.39, 0.29) is 5.78 Å². The number of carbonyl (C=O) groups is 1. The van der Waals surface area contributed by atoms with E-state index >= 15 is 0 Å². The van der Waals surface area contributed by atoms with Crippen LogP contribution in [0.15, 0.2) is 0 Å². The van der Waals surface area contributed by atoms with E-state index in [2.05, 4.69) is 25.1 Å². The Bertz CT molecular complexity index is 205. The molecule has 0 saturated carbocycles. The van der Waals surface area contributed by atoms with Crippen molar-refractivity contribution in [2.45, 2.75) is 46.0 Å². The molecule has 2 heteroatoms. The van der Waals surface area contributed by atoms with Crippen LogP contribution in [0, 0.1) is 18.3 Å². The molecule has 0 aliphatic heterocycles. The van der Waals surface area contributed by atoms with Crippen molar-refractivity contribution in [2.75, 3.05) is 13.1 Å². The second kappa shape index (κ2) is 9.73. The summed E-state index contributed by atoms with van der Waals surface area (Å²) in [6.07, 6.45) is 10.5. The number of carbonyl (C=O) groups excluding carboxylic acids is 1. The lowest BCUT2D eigenvalue weighted by Gasteiger charge is -2.13. The molecular formula is C13H23NO. The second-order valence-corrected chi connectivity index (χ2v) is 3.97. The average molecular weight is 209 g/mol. The van der Waals surface area contributed by atoms with E-state index < -0.39 is 0 Å². The monoisotopic (exact) mass is 209 g/mol. The van der Waals surface area contributed by atoms with Crippen LogP contribution in [0.1, 0.15) is 46.0 Å². The molecule has 0 amide bonds. The highest BCUT2D eigenvalue weighted by Gasteiger charge is 2.10. The van der Waals surface area contributed by atoms with Gasteiger partial charge in [-0.1, -0.05) is 45.5 Å². The zero-order valence-electron chi connectivity index (χ0n) is 10.0. The molecule has 0 spiro atoms. The van der Waals surface area contributed by atoms with Crippen LogP contribution in [0.2, 0.25) is 0 Å². The van der Waals surface area contributed by atoms with Gasteiger partial charge in [-0.25, -0.2) is 0 Å². The summed E-state index contributed by atoms with van der Waals surface area (Å²) in [7, 11) is 0. The van der Waals surface area contributed by atoms with E-state index in [0.717, 1.165) is 6.42 Å². The smallest absolute Gasteiger partial charge is 0.146 e. The van der Waals surface area contributed by atoms with Gasteiger partial charge < -0.3 is 0 Å². The van der Waals surface area contributed by atoms with Crippen molar-refractivity contribution in [3.8, 4) is 12.3 Å². The first-order chi connectivity index (χ1) is 7.24. The molecule has 0 aliphatic rings. The van der Waals surface area contributed by atoms with Crippen molar-refractivity contribution in [3.63, 3.8) is 0 Å². The molecule has 0 fully saturated rings. The summed E-state index contributed by atoms with van der Waals surface area (Å²) in [6.45, 7) is 5.25. The third-order valence-corrected chi connectivity index (χ3v) is 2.61. The maximum Gasteiger partial charge on any atom is 0.146 e. The molecule has 0 aromatic rings. The molecular weight excluding hydrogens is 186 g/mol. The Kier molecular flexibility index (Phi) is 9.21. The van der Waals surface area contributed by atoms with Crippen molar-refractivity contribution in [1.29, 1.82) is 0 Å². The third kappa shape index (κ3) is 8.20. The van der Waals surface area contributed by atoms with Crippen LogP contribution in [0.3, 0.4) is 0 Å². The van der Waals surface area contributed by atoms with Gasteiger partial charge in [-0.05, 0) is 5.92 Å². The molecule has 15 heavy (non-hydrogen) atoms. The molecule has 1 unspecified atom stereocenters. The Balaban J connectivity index is 3.66. The number of rotatable bonds is 9. The number of terminal acetylenes is 1. The average Bonchev–Trinajstić information content (AvgIpc) is 2.24. The third-order valence-electron chi connectivity index (χ3n) is 2.61. The largest absolute Gasteiger partial charge is 0.299 e. The maximum atomic E-state index is 11.5. The molecule has 1 atom stereocenters. The van der Waals surface area contributed by atoms with E-state index in [1.807, 2.05) is 0 Å². The van der Waals surface area contributed by atoms with E-state index in [0.29, 0.717) is 25.4 Å². The molecule has 2 nitrogen and oxygen atoms in total. The molecule has 0 aromatic carbocycles. The molecule has 0 rings (SSSR count). The first kappa shape index (κ1) is 14.2. The van der Waals surface area contributed by atoms with Gasteiger partial charge in [-0.2, -0.15) is 0 Å². The molecule has 0 aromatic heterocycles. The van der Waals surface area contributed by atoms with Gasteiger partial charge >= 0.3 is 0 Å². The van der Waals surface area contributed by atoms with Crippen LogP contribution >= 0.6 is 0 Å². The number of Topliss-reactive ketones (excluding diaryl/α,β-unsaturated/α-hetero) is 1. The van der Waals surface area contributed by atoms with E-state index in [4.69, 9.17) is 6.42 Å². The minimum Gasteiger partial charge on any atom is -0.299 e. The Labute approximate surface area is 93.8 Å². The van der Waals surface area contributed by atoms with Crippen LogP contribution in [0.25, 0.3) is 0 Å². The molecule has 0 bridgehead atoms. The Morgan fingerprint density at radius 1 is 1.47 bits per heavy atom. The fourth-order valence-corrected chi connectivity index (χ4v) is 1.61. The zero-order valence-corrected chi connectivity index (χ0v) is 10.0. The van der Waals surface area contributed by atoms with Gasteiger partial charge in [-0.3, -0.25) is 10.1 Å². The standard InChI is InChI=1S/C13H23NO/c1-4-7-8-12(6-3)10-13(15)11-14-9-5-2/h2,12,14H,4,6-11H2,1,3H3. The lowest BCUT2D eigenvalue weighted by Crippen LogP contribution is -2.24. The minimum atomic E-state index is 0.285. The first-order valence-corrected chi connectivity index (χ1v) is 5.90. The summed E-state index contributed by atoms with van der Waals surface area (Å²) < 4.78 is 0. The van der Waals surface area contributed by atoms with Gasteiger partial charge in [0.25, 0.3) is 0 Å². The van der Waals surface area contributed by atoms with Gasteiger partial charge in [0.1, 0.15) is 5.78 Å². The zero-order chi connectivity index (χ0) is 11.5. The number of nitrogens with one attached hydrogen (secondary N) is 1. The normalized spacial score (nSPS) is 12.1. The van der Waals surface area contributed by atoms with Crippen LogP contribution < -0.4 is 5.32 Å². The Morgan fingerprint density at radius 2 is 2.20 bits per heavy atom. The predicted molar refractivity (Wildman–Crippen MR) is 64.6 cm³/mol. The number of hydrogen-bond acceptors (Lipinski definition) is 2. The molecule has 86 valence electrons. The second-order valence-electron chi connectivity index (χ2n) is 3.97. The molecule has 0 heterocycles. The minimum absolute atomic E-state index is 0.285. The predicted octanol–water partition coefficient (Wildman–Crippen LogP) is 2.38. The van der Waals surface area contributed by atoms with Gasteiger partial charge in [0.05, 0.1) is 13.1 Å². The summed E-state index contributed by atoms with van der Waals surface area (Å²) in [6, 6.07) is 0. The number of unbranched alkanes of at least 4 members (excludes halogenated alkanes) is 1. The van der Waals surface area contributed by atoms with E-state index in [1.165, 1.54) is 19.3 Å². The molecule has 0 aliphatic carbocycles. The van der Waals surface area contributed by atoms with Gasteiger partial charge in [0.15, 0.2) is 0 Å². The highest BCUT2D eigenvalue weighted by molar-refractivity contribution is 5.80. The van der Waals surface area contributed by atoms with Crippen molar-refractivity contribution in [1.82, 2.24) is 5.32 Å². The van der Waals surface area contributed by atoms with Crippen LogP contribution in [0.4, 0.5) is 0 Å². The van der Waals surface area contributed by atoms with Crippen molar-refractivity contribution in [3.05, 3.63) is 0 Å². The summed E-state index contributed by atoms with van der Waals surface area (Å²) in [5.74, 6) is 3.31.